The molecule has 0 bridgehead atoms. The zero-order chi connectivity index (χ0) is 14.0. The molecule has 1 aliphatic carbocycles. The fourth-order valence-electron chi connectivity index (χ4n) is 3.73. The molecule has 1 saturated heterocycles. The fourth-order valence-corrected chi connectivity index (χ4v) is 3.73. The predicted octanol–water partition coefficient (Wildman–Crippen LogP) is 2.20. The Bertz CT molecular complexity index is 461. The van der Waals surface area contributed by atoms with Crippen molar-refractivity contribution in [1.29, 1.82) is 0 Å². The van der Waals surface area contributed by atoms with E-state index in [9.17, 15) is 5.11 Å². The monoisotopic (exact) mass is 275 g/mol. The van der Waals surface area contributed by atoms with Crippen molar-refractivity contribution >= 4 is 0 Å². The van der Waals surface area contributed by atoms with E-state index in [1.165, 1.54) is 32.1 Å². The molecule has 2 heterocycles. The topological polar surface area (TPSA) is 48.4 Å². The normalized spacial score (nSPS) is 23.1. The van der Waals surface area contributed by atoms with E-state index in [1.54, 1.807) is 6.07 Å². The van der Waals surface area contributed by atoms with Crippen molar-refractivity contribution in [2.45, 2.75) is 51.1 Å². The Morgan fingerprint density at radius 3 is 2.90 bits per heavy atom. The van der Waals surface area contributed by atoms with Gasteiger partial charge < -0.3 is 10.4 Å². The number of nitrogens with one attached hydrogen (secondary N) is 1. The Morgan fingerprint density at radius 2 is 2.10 bits per heavy atom. The minimum atomic E-state index is 0.286. The van der Waals surface area contributed by atoms with Crippen LogP contribution in [0.1, 0.15) is 43.5 Å². The minimum Gasteiger partial charge on any atom is -0.506 e. The maximum Gasteiger partial charge on any atom is 0.138 e. The zero-order valence-corrected chi connectivity index (χ0v) is 12.4. The first-order valence-corrected chi connectivity index (χ1v) is 7.81. The summed E-state index contributed by atoms with van der Waals surface area (Å²) in [7, 11) is 0. The van der Waals surface area contributed by atoms with Crippen molar-refractivity contribution < 1.29 is 5.11 Å². The standard InChI is InChI=1S/C16H25N3O/c1-13-5-6-15(20)14(18-13)11-19-10-9-17-12-16(19)7-3-2-4-8-16/h5-6,17,20H,2-4,7-12H2,1H3. The molecule has 2 N–H and O–H groups in total. The number of hydrogen-bond donors (Lipinski definition) is 2. The van der Waals surface area contributed by atoms with Crippen LogP contribution in [0.5, 0.6) is 5.75 Å². The lowest BCUT2D eigenvalue weighted by Gasteiger charge is -2.49. The quantitative estimate of drug-likeness (QED) is 0.869. The molecule has 0 unspecified atom stereocenters. The summed E-state index contributed by atoms with van der Waals surface area (Å²) in [5, 5.41) is 13.6. The molecule has 20 heavy (non-hydrogen) atoms. The van der Waals surface area contributed by atoms with Crippen LogP contribution in [0.25, 0.3) is 0 Å². The molecule has 1 aromatic heterocycles. The molecule has 0 atom stereocenters. The summed E-state index contributed by atoms with van der Waals surface area (Å²) >= 11 is 0. The van der Waals surface area contributed by atoms with Gasteiger partial charge in [0.15, 0.2) is 0 Å². The van der Waals surface area contributed by atoms with Gasteiger partial charge in [-0.1, -0.05) is 19.3 Å². The van der Waals surface area contributed by atoms with Gasteiger partial charge in [0.2, 0.25) is 0 Å². The Kier molecular flexibility index (Phi) is 3.94. The number of hydrogen-bond acceptors (Lipinski definition) is 4. The van der Waals surface area contributed by atoms with E-state index in [0.717, 1.165) is 37.6 Å². The second-order valence-corrected chi connectivity index (χ2v) is 6.30. The highest BCUT2D eigenvalue weighted by Crippen LogP contribution is 2.36. The molecular formula is C16H25N3O. The van der Waals surface area contributed by atoms with Gasteiger partial charge in [0.1, 0.15) is 5.75 Å². The average Bonchev–Trinajstić information content (AvgIpc) is 2.46. The third kappa shape index (κ3) is 2.67. The molecule has 2 aliphatic rings. The third-order valence-electron chi connectivity index (χ3n) is 4.90. The van der Waals surface area contributed by atoms with Crippen LogP contribution in [0.2, 0.25) is 0 Å². The van der Waals surface area contributed by atoms with Crippen molar-refractivity contribution in [3.05, 3.63) is 23.5 Å². The van der Waals surface area contributed by atoms with E-state index in [2.05, 4.69) is 15.2 Å². The molecule has 3 rings (SSSR count). The number of piperazine rings is 1. The average molecular weight is 275 g/mol. The number of aromatic hydroxyl groups is 1. The maximum absolute atomic E-state index is 10.0. The molecular weight excluding hydrogens is 250 g/mol. The van der Waals surface area contributed by atoms with Crippen molar-refractivity contribution in [2.24, 2.45) is 0 Å². The number of pyridine rings is 1. The third-order valence-corrected chi connectivity index (χ3v) is 4.90. The van der Waals surface area contributed by atoms with E-state index in [-0.39, 0.29) is 5.54 Å². The van der Waals surface area contributed by atoms with E-state index in [1.807, 2.05) is 13.0 Å². The number of aryl methyl sites for hydroxylation is 1. The molecule has 0 radical (unpaired) electrons. The summed E-state index contributed by atoms with van der Waals surface area (Å²) in [5.41, 5.74) is 2.09. The fraction of sp³-hybridized carbons (Fsp3) is 0.688. The molecule has 0 amide bonds. The molecule has 110 valence electrons. The van der Waals surface area contributed by atoms with Crippen LogP contribution in [-0.2, 0) is 6.54 Å². The Balaban J connectivity index is 1.81. The summed E-state index contributed by atoms with van der Waals surface area (Å²) in [5.74, 6) is 0.333. The van der Waals surface area contributed by atoms with Gasteiger partial charge in [-0.25, -0.2) is 0 Å². The highest BCUT2D eigenvalue weighted by Gasteiger charge is 2.39. The van der Waals surface area contributed by atoms with Crippen molar-refractivity contribution in [3.8, 4) is 5.75 Å². The number of rotatable bonds is 2. The largest absolute Gasteiger partial charge is 0.506 e. The Hall–Kier alpha value is -1.13. The first-order valence-electron chi connectivity index (χ1n) is 7.81. The van der Waals surface area contributed by atoms with Crippen LogP contribution >= 0.6 is 0 Å². The van der Waals surface area contributed by atoms with E-state index < -0.39 is 0 Å². The number of nitrogens with zero attached hydrogens (tertiary/aromatic N) is 2. The predicted molar refractivity (Wildman–Crippen MR) is 79.7 cm³/mol. The highest BCUT2D eigenvalue weighted by molar-refractivity contribution is 5.27. The molecule has 0 aromatic carbocycles. The summed E-state index contributed by atoms with van der Waals surface area (Å²) in [6.45, 7) is 5.93. The van der Waals surface area contributed by atoms with Gasteiger partial charge in [0.05, 0.1) is 5.69 Å². The molecule has 1 spiro atoms. The van der Waals surface area contributed by atoms with E-state index in [4.69, 9.17) is 0 Å². The molecule has 1 saturated carbocycles. The SMILES string of the molecule is Cc1ccc(O)c(CN2CCNCC23CCCCC3)n1. The van der Waals surface area contributed by atoms with Crippen LogP contribution in [0.3, 0.4) is 0 Å². The first kappa shape index (κ1) is 13.8. The minimum absolute atomic E-state index is 0.286. The first-order chi connectivity index (χ1) is 9.70. The van der Waals surface area contributed by atoms with Crippen LogP contribution < -0.4 is 5.32 Å². The second-order valence-electron chi connectivity index (χ2n) is 6.30. The van der Waals surface area contributed by atoms with Crippen molar-refractivity contribution in [2.75, 3.05) is 19.6 Å². The molecule has 2 fully saturated rings. The lowest BCUT2D eigenvalue weighted by molar-refractivity contribution is 0.0194. The smallest absolute Gasteiger partial charge is 0.138 e. The Morgan fingerprint density at radius 1 is 1.30 bits per heavy atom. The zero-order valence-electron chi connectivity index (χ0n) is 12.4. The van der Waals surface area contributed by atoms with Crippen LogP contribution in [0.15, 0.2) is 12.1 Å². The van der Waals surface area contributed by atoms with E-state index >= 15 is 0 Å². The summed E-state index contributed by atoms with van der Waals surface area (Å²) in [4.78, 5) is 7.09. The summed E-state index contributed by atoms with van der Waals surface area (Å²) < 4.78 is 0. The van der Waals surface area contributed by atoms with Crippen LogP contribution in [0.4, 0.5) is 0 Å². The maximum atomic E-state index is 10.0. The van der Waals surface area contributed by atoms with Gasteiger partial charge in [-0.05, 0) is 31.9 Å². The van der Waals surface area contributed by atoms with Gasteiger partial charge in [-0.2, -0.15) is 0 Å². The van der Waals surface area contributed by atoms with Gasteiger partial charge in [-0.15, -0.1) is 0 Å². The van der Waals surface area contributed by atoms with Crippen molar-refractivity contribution in [1.82, 2.24) is 15.2 Å². The lowest BCUT2D eigenvalue weighted by atomic mass is 9.79. The molecule has 1 aliphatic heterocycles. The van der Waals surface area contributed by atoms with E-state index in [0.29, 0.717) is 5.75 Å². The number of aromatic nitrogens is 1. The molecule has 4 nitrogen and oxygen atoms in total. The summed E-state index contributed by atoms with van der Waals surface area (Å²) in [6, 6.07) is 3.64. The van der Waals surface area contributed by atoms with Gasteiger partial charge in [-0.3, -0.25) is 9.88 Å². The lowest BCUT2D eigenvalue weighted by Crippen LogP contribution is -2.61. The van der Waals surface area contributed by atoms with Crippen LogP contribution in [-0.4, -0.2) is 40.2 Å². The Labute approximate surface area is 121 Å². The second kappa shape index (κ2) is 5.70. The van der Waals surface area contributed by atoms with Gasteiger partial charge in [0.25, 0.3) is 0 Å². The van der Waals surface area contributed by atoms with Crippen molar-refractivity contribution in [3.63, 3.8) is 0 Å². The van der Waals surface area contributed by atoms with Gasteiger partial charge in [0, 0.05) is 37.4 Å². The molecule has 4 heteroatoms. The van der Waals surface area contributed by atoms with Gasteiger partial charge >= 0.3 is 0 Å². The highest BCUT2D eigenvalue weighted by atomic mass is 16.3. The van der Waals surface area contributed by atoms with Crippen LogP contribution in [0, 0.1) is 6.92 Å². The summed E-state index contributed by atoms with van der Waals surface area (Å²) in [6.07, 6.45) is 6.56. The molecule has 1 aromatic rings.